The third-order valence-corrected chi connectivity index (χ3v) is 4.36. The summed E-state index contributed by atoms with van der Waals surface area (Å²) in [5.74, 6) is 1.14. The van der Waals surface area contributed by atoms with Crippen LogP contribution in [-0.2, 0) is 0 Å². The lowest BCUT2D eigenvalue weighted by Gasteiger charge is -2.18. The third kappa shape index (κ3) is 2.01. The Morgan fingerprint density at radius 1 is 1.33 bits per heavy atom. The van der Waals surface area contributed by atoms with Gasteiger partial charge >= 0.3 is 0 Å². The van der Waals surface area contributed by atoms with Gasteiger partial charge in [0, 0.05) is 30.7 Å². The van der Waals surface area contributed by atoms with E-state index in [4.69, 9.17) is 0 Å². The lowest BCUT2D eigenvalue weighted by molar-refractivity contribution is 0.0778. The first-order valence-electron chi connectivity index (χ1n) is 6.13. The molecule has 1 aromatic carbocycles. The number of nitrogens with one attached hydrogen (secondary N) is 1. The Bertz CT molecular complexity index is 480. The molecule has 4 nitrogen and oxygen atoms in total. The van der Waals surface area contributed by atoms with E-state index in [1.165, 1.54) is 0 Å². The lowest BCUT2D eigenvalue weighted by Crippen LogP contribution is -2.31. The number of rotatable bonds is 1. The number of carbonyl (C=O) groups excluding carboxylic acids is 1. The highest BCUT2D eigenvalue weighted by Gasteiger charge is 2.38. The number of nitrogens with zero attached hydrogens (tertiary/aromatic N) is 1. The van der Waals surface area contributed by atoms with Crippen LogP contribution in [0.4, 0.5) is 0 Å². The fourth-order valence-corrected chi connectivity index (χ4v) is 3.23. The van der Waals surface area contributed by atoms with Gasteiger partial charge in [0.1, 0.15) is 5.75 Å². The van der Waals surface area contributed by atoms with Crippen LogP contribution >= 0.6 is 15.9 Å². The van der Waals surface area contributed by atoms with Crippen molar-refractivity contribution in [3.63, 3.8) is 0 Å². The minimum absolute atomic E-state index is 0.0459. The summed E-state index contributed by atoms with van der Waals surface area (Å²) >= 11 is 3.28. The highest BCUT2D eigenvalue weighted by molar-refractivity contribution is 9.10. The van der Waals surface area contributed by atoms with Crippen LogP contribution in [0.1, 0.15) is 10.4 Å². The summed E-state index contributed by atoms with van der Waals surface area (Å²) in [4.78, 5) is 14.2. The van der Waals surface area contributed by atoms with Gasteiger partial charge < -0.3 is 15.3 Å². The van der Waals surface area contributed by atoms with Gasteiger partial charge in [0.25, 0.3) is 5.91 Å². The first kappa shape index (κ1) is 12.0. The van der Waals surface area contributed by atoms with Crippen LogP contribution in [0.2, 0.25) is 0 Å². The molecule has 0 saturated carbocycles. The summed E-state index contributed by atoms with van der Waals surface area (Å²) in [6.07, 6.45) is 0. The van der Waals surface area contributed by atoms with Crippen molar-refractivity contribution in [2.75, 3.05) is 26.2 Å². The predicted molar refractivity (Wildman–Crippen MR) is 71.6 cm³/mol. The van der Waals surface area contributed by atoms with Gasteiger partial charge in [0.05, 0.1) is 5.56 Å². The maximum atomic E-state index is 12.3. The molecule has 5 heteroatoms. The molecule has 0 spiro atoms. The topological polar surface area (TPSA) is 52.6 Å². The monoisotopic (exact) mass is 310 g/mol. The number of amides is 1. The minimum Gasteiger partial charge on any atom is -0.507 e. The number of phenolic OH excluding ortho intramolecular Hbond substituents is 1. The molecule has 0 aliphatic carbocycles. The number of fused-ring (bicyclic) bond motifs is 1. The average molecular weight is 311 g/mol. The van der Waals surface area contributed by atoms with Crippen molar-refractivity contribution in [1.82, 2.24) is 10.2 Å². The second-order valence-corrected chi connectivity index (χ2v) is 5.97. The molecule has 2 aliphatic heterocycles. The van der Waals surface area contributed by atoms with Crippen LogP contribution in [-0.4, -0.2) is 42.1 Å². The van der Waals surface area contributed by atoms with E-state index in [0.29, 0.717) is 17.4 Å². The summed E-state index contributed by atoms with van der Waals surface area (Å²) in [7, 11) is 0. The van der Waals surface area contributed by atoms with E-state index >= 15 is 0 Å². The quantitative estimate of drug-likeness (QED) is 0.825. The summed E-state index contributed by atoms with van der Waals surface area (Å²) in [6.45, 7) is 3.60. The van der Waals surface area contributed by atoms with Gasteiger partial charge in [-0.15, -0.1) is 0 Å². The number of benzene rings is 1. The van der Waals surface area contributed by atoms with Crippen LogP contribution in [0.5, 0.6) is 5.75 Å². The molecule has 2 fully saturated rings. The molecule has 2 unspecified atom stereocenters. The number of likely N-dealkylation sites (tertiary alicyclic amines) is 1. The molecule has 96 valence electrons. The zero-order valence-electron chi connectivity index (χ0n) is 9.90. The maximum Gasteiger partial charge on any atom is 0.257 e. The van der Waals surface area contributed by atoms with E-state index < -0.39 is 0 Å². The van der Waals surface area contributed by atoms with E-state index in [1.54, 1.807) is 18.2 Å². The molecule has 1 aromatic rings. The lowest BCUT2D eigenvalue weighted by atomic mass is 10.0. The number of halogens is 1. The van der Waals surface area contributed by atoms with Crippen LogP contribution in [0.15, 0.2) is 22.7 Å². The first-order valence-corrected chi connectivity index (χ1v) is 6.93. The van der Waals surface area contributed by atoms with Crippen molar-refractivity contribution in [3.8, 4) is 5.75 Å². The van der Waals surface area contributed by atoms with Crippen molar-refractivity contribution >= 4 is 21.8 Å². The number of carbonyl (C=O) groups is 1. The Morgan fingerprint density at radius 2 is 2.00 bits per heavy atom. The van der Waals surface area contributed by atoms with Gasteiger partial charge in [0.15, 0.2) is 0 Å². The number of hydrogen-bond acceptors (Lipinski definition) is 3. The van der Waals surface area contributed by atoms with Crippen molar-refractivity contribution in [1.29, 1.82) is 0 Å². The Morgan fingerprint density at radius 3 is 2.61 bits per heavy atom. The Kier molecular flexibility index (Phi) is 3.03. The molecular weight excluding hydrogens is 296 g/mol. The summed E-state index contributed by atoms with van der Waals surface area (Å²) in [5, 5.41) is 13.2. The summed E-state index contributed by atoms with van der Waals surface area (Å²) in [6, 6.07) is 5.02. The average Bonchev–Trinajstić information content (AvgIpc) is 2.87. The normalized spacial score (nSPS) is 26.4. The van der Waals surface area contributed by atoms with Crippen LogP contribution < -0.4 is 5.32 Å². The molecule has 3 rings (SSSR count). The van der Waals surface area contributed by atoms with Crippen LogP contribution in [0.25, 0.3) is 0 Å². The second-order valence-electron chi connectivity index (χ2n) is 5.05. The van der Waals surface area contributed by atoms with Crippen LogP contribution in [0.3, 0.4) is 0 Å². The molecule has 0 radical (unpaired) electrons. The number of aromatic hydroxyl groups is 1. The predicted octanol–water partition coefficient (Wildman–Crippen LogP) is 1.45. The van der Waals surface area contributed by atoms with Crippen LogP contribution in [0, 0.1) is 11.8 Å². The first-order chi connectivity index (χ1) is 8.65. The number of phenols is 1. The highest BCUT2D eigenvalue weighted by Crippen LogP contribution is 2.30. The largest absolute Gasteiger partial charge is 0.507 e. The van der Waals surface area contributed by atoms with E-state index in [-0.39, 0.29) is 11.7 Å². The molecule has 2 aliphatic rings. The van der Waals surface area contributed by atoms with Gasteiger partial charge in [-0.3, -0.25) is 4.79 Å². The van der Waals surface area contributed by atoms with Crippen molar-refractivity contribution < 1.29 is 9.90 Å². The van der Waals surface area contributed by atoms with Gasteiger partial charge in [-0.1, -0.05) is 15.9 Å². The summed E-state index contributed by atoms with van der Waals surface area (Å²) in [5.41, 5.74) is 0.395. The van der Waals surface area contributed by atoms with Crippen molar-refractivity contribution in [3.05, 3.63) is 28.2 Å². The van der Waals surface area contributed by atoms with Gasteiger partial charge in [-0.05, 0) is 30.0 Å². The molecule has 0 bridgehead atoms. The Labute approximate surface area is 114 Å². The van der Waals surface area contributed by atoms with Crippen molar-refractivity contribution in [2.24, 2.45) is 11.8 Å². The maximum absolute atomic E-state index is 12.3. The van der Waals surface area contributed by atoms with Gasteiger partial charge in [0.2, 0.25) is 0 Å². The standard InChI is InChI=1S/C13H15BrN2O2/c14-10-1-2-11(12(17)3-10)13(18)16-6-8-4-15-5-9(8)7-16/h1-3,8-9,15,17H,4-7H2. The minimum atomic E-state index is -0.0607. The Balaban J connectivity index is 1.79. The zero-order chi connectivity index (χ0) is 12.7. The molecule has 1 amide bonds. The fraction of sp³-hybridized carbons (Fsp3) is 0.462. The second kappa shape index (κ2) is 4.55. The molecule has 2 saturated heterocycles. The SMILES string of the molecule is O=C(c1ccc(Br)cc1O)N1CC2CNCC2C1. The number of hydrogen-bond donors (Lipinski definition) is 2. The molecule has 2 heterocycles. The molecule has 2 N–H and O–H groups in total. The Hall–Kier alpha value is -1.07. The van der Waals surface area contributed by atoms with Gasteiger partial charge in [-0.25, -0.2) is 0 Å². The molecule has 2 atom stereocenters. The molecular formula is C13H15BrN2O2. The zero-order valence-corrected chi connectivity index (χ0v) is 11.5. The molecule has 0 aromatic heterocycles. The van der Waals surface area contributed by atoms with E-state index in [2.05, 4.69) is 21.2 Å². The van der Waals surface area contributed by atoms with E-state index in [1.807, 2.05) is 4.90 Å². The van der Waals surface area contributed by atoms with Crippen molar-refractivity contribution in [2.45, 2.75) is 0 Å². The highest BCUT2D eigenvalue weighted by atomic mass is 79.9. The van der Waals surface area contributed by atoms with E-state index in [0.717, 1.165) is 30.7 Å². The molecule has 18 heavy (non-hydrogen) atoms. The fourth-order valence-electron chi connectivity index (χ4n) is 2.88. The van der Waals surface area contributed by atoms with Gasteiger partial charge in [-0.2, -0.15) is 0 Å². The van der Waals surface area contributed by atoms with E-state index in [9.17, 15) is 9.90 Å². The summed E-state index contributed by atoms with van der Waals surface area (Å²) < 4.78 is 0.777. The third-order valence-electron chi connectivity index (χ3n) is 3.87. The smallest absolute Gasteiger partial charge is 0.257 e.